The Balaban J connectivity index is 2.35. The van der Waals surface area contributed by atoms with Gasteiger partial charge in [0.05, 0.1) is 6.73 Å². The van der Waals surface area contributed by atoms with E-state index in [2.05, 4.69) is 45.1 Å². The lowest BCUT2D eigenvalue weighted by molar-refractivity contribution is 0.113. The predicted molar refractivity (Wildman–Crippen MR) is 73.2 cm³/mol. The van der Waals surface area contributed by atoms with Gasteiger partial charge in [-0.1, -0.05) is 25.5 Å². The highest BCUT2D eigenvalue weighted by molar-refractivity contribution is 5.38. The molecule has 1 aromatic carbocycles. The van der Waals surface area contributed by atoms with Gasteiger partial charge in [-0.3, -0.25) is 5.32 Å². The molecule has 96 valence electrons. The Morgan fingerprint density at radius 3 is 2.59 bits per heavy atom. The molecule has 1 rings (SSSR count). The van der Waals surface area contributed by atoms with Crippen LogP contribution in [0.5, 0.6) is 0 Å². The molecule has 0 aliphatic carbocycles. The van der Waals surface area contributed by atoms with E-state index in [4.69, 9.17) is 4.74 Å². The van der Waals surface area contributed by atoms with E-state index in [1.165, 1.54) is 28.7 Å². The second-order valence-corrected chi connectivity index (χ2v) is 4.62. The highest BCUT2D eigenvalue weighted by Gasteiger charge is 2.02. The summed E-state index contributed by atoms with van der Waals surface area (Å²) in [6.45, 7) is 11.1. The van der Waals surface area contributed by atoms with Gasteiger partial charge in [0.1, 0.15) is 0 Å². The second kappa shape index (κ2) is 7.46. The van der Waals surface area contributed by atoms with Crippen LogP contribution in [-0.2, 0) is 11.3 Å². The van der Waals surface area contributed by atoms with Gasteiger partial charge in [0.15, 0.2) is 0 Å². The molecule has 0 atom stereocenters. The standard InChI is InChI=1S/C15H25NO/c1-5-6-9-17-11-16-10-15-8-7-12(2)13(3)14(15)4/h7-8,16H,5-6,9-11H2,1-4H3. The smallest absolute Gasteiger partial charge is 0.0967 e. The minimum Gasteiger partial charge on any atom is -0.366 e. The van der Waals surface area contributed by atoms with E-state index in [1.54, 1.807) is 0 Å². The van der Waals surface area contributed by atoms with Gasteiger partial charge in [-0.25, -0.2) is 0 Å². The summed E-state index contributed by atoms with van der Waals surface area (Å²) in [5.41, 5.74) is 5.53. The first kappa shape index (κ1) is 14.2. The van der Waals surface area contributed by atoms with Crippen LogP contribution in [0, 0.1) is 20.8 Å². The van der Waals surface area contributed by atoms with E-state index < -0.39 is 0 Å². The van der Waals surface area contributed by atoms with Crippen LogP contribution in [0.3, 0.4) is 0 Å². The van der Waals surface area contributed by atoms with E-state index in [9.17, 15) is 0 Å². The van der Waals surface area contributed by atoms with Crippen LogP contribution >= 0.6 is 0 Å². The summed E-state index contributed by atoms with van der Waals surface area (Å²) >= 11 is 0. The molecule has 0 unspecified atom stereocenters. The number of hydrogen-bond acceptors (Lipinski definition) is 2. The van der Waals surface area contributed by atoms with Crippen molar-refractivity contribution in [3.63, 3.8) is 0 Å². The molecular formula is C15H25NO. The van der Waals surface area contributed by atoms with Crippen molar-refractivity contribution in [2.75, 3.05) is 13.3 Å². The molecule has 0 aliphatic heterocycles. The zero-order chi connectivity index (χ0) is 12.7. The molecular weight excluding hydrogens is 210 g/mol. The van der Waals surface area contributed by atoms with Gasteiger partial charge >= 0.3 is 0 Å². The van der Waals surface area contributed by atoms with Crippen molar-refractivity contribution in [3.05, 3.63) is 34.4 Å². The van der Waals surface area contributed by atoms with Gasteiger partial charge < -0.3 is 4.74 Å². The number of unbranched alkanes of at least 4 members (excludes halogenated alkanes) is 1. The lowest BCUT2D eigenvalue weighted by atomic mass is 9.99. The van der Waals surface area contributed by atoms with Crippen molar-refractivity contribution in [1.29, 1.82) is 0 Å². The van der Waals surface area contributed by atoms with Crippen molar-refractivity contribution in [1.82, 2.24) is 5.32 Å². The summed E-state index contributed by atoms with van der Waals surface area (Å²) in [6, 6.07) is 4.40. The molecule has 0 spiro atoms. The largest absolute Gasteiger partial charge is 0.366 e. The molecule has 0 saturated heterocycles. The van der Waals surface area contributed by atoms with Crippen LogP contribution in [-0.4, -0.2) is 13.3 Å². The van der Waals surface area contributed by atoms with E-state index in [0.29, 0.717) is 6.73 Å². The highest BCUT2D eigenvalue weighted by Crippen LogP contribution is 2.16. The molecule has 0 bridgehead atoms. The summed E-state index contributed by atoms with van der Waals surface area (Å²) < 4.78 is 5.48. The maximum atomic E-state index is 5.48. The van der Waals surface area contributed by atoms with Crippen molar-refractivity contribution in [3.8, 4) is 0 Å². The molecule has 0 amide bonds. The molecule has 17 heavy (non-hydrogen) atoms. The molecule has 0 aromatic heterocycles. The van der Waals surface area contributed by atoms with Crippen LogP contribution in [0.15, 0.2) is 12.1 Å². The molecule has 0 radical (unpaired) electrons. The Hall–Kier alpha value is -0.860. The van der Waals surface area contributed by atoms with E-state index in [1.807, 2.05) is 0 Å². The third kappa shape index (κ3) is 4.49. The molecule has 1 aromatic rings. The fourth-order valence-electron chi connectivity index (χ4n) is 1.78. The number of aryl methyl sites for hydroxylation is 1. The summed E-state index contributed by atoms with van der Waals surface area (Å²) in [5, 5.41) is 3.33. The average Bonchev–Trinajstić information content (AvgIpc) is 2.33. The number of hydrogen-bond donors (Lipinski definition) is 1. The maximum Gasteiger partial charge on any atom is 0.0967 e. The molecule has 0 aliphatic rings. The van der Waals surface area contributed by atoms with Gasteiger partial charge in [-0.2, -0.15) is 0 Å². The van der Waals surface area contributed by atoms with Crippen LogP contribution in [0.2, 0.25) is 0 Å². The van der Waals surface area contributed by atoms with Gasteiger partial charge in [0.2, 0.25) is 0 Å². The van der Waals surface area contributed by atoms with E-state index >= 15 is 0 Å². The third-order valence-corrected chi connectivity index (χ3v) is 3.33. The predicted octanol–water partition coefficient (Wildman–Crippen LogP) is 3.48. The van der Waals surface area contributed by atoms with Crippen LogP contribution in [0.1, 0.15) is 42.0 Å². The summed E-state index contributed by atoms with van der Waals surface area (Å²) in [6.07, 6.45) is 2.33. The quantitative estimate of drug-likeness (QED) is 0.577. The number of ether oxygens (including phenoxy) is 1. The van der Waals surface area contributed by atoms with Crippen molar-refractivity contribution < 1.29 is 4.74 Å². The third-order valence-electron chi connectivity index (χ3n) is 3.33. The van der Waals surface area contributed by atoms with Crippen molar-refractivity contribution in [2.45, 2.75) is 47.1 Å². The second-order valence-electron chi connectivity index (χ2n) is 4.62. The molecule has 1 N–H and O–H groups in total. The van der Waals surface area contributed by atoms with Gasteiger partial charge in [0.25, 0.3) is 0 Å². The lowest BCUT2D eigenvalue weighted by Gasteiger charge is -2.12. The minimum absolute atomic E-state index is 0.645. The maximum absolute atomic E-state index is 5.48. The molecule has 2 nitrogen and oxygen atoms in total. The summed E-state index contributed by atoms with van der Waals surface area (Å²) in [7, 11) is 0. The first-order chi connectivity index (χ1) is 8.16. The van der Waals surface area contributed by atoms with Gasteiger partial charge in [-0.05, 0) is 49.4 Å². The van der Waals surface area contributed by atoms with Crippen LogP contribution in [0.4, 0.5) is 0 Å². The fourth-order valence-corrected chi connectivity index (χ4v) is 1.78. The summed E-state index contributed by atoms with van der Waals surface area (Å²) in [4.78, 5) is 0. The normalized spacial score (nSPS) is 10.8. The fraction of sp³-hybridized carbons (Fsp3) is 0.600. The molecule has 0 fully saturated rings. The lowest BCUT2D eigenvalue weighted by Crippen LogP contribution is -2.18. The van der Waals surface area contributed by atoms with E-state index in [-0.39, 0.29) is 0 Å². The van der Waals surface area contributed by atoms with Gasteiger partial charge in [-0.15, -0.1) is 0 Å². The number of nitrogens with one attached hydrogen (secondary N) is 1. The minimum atomic E-state index is 0.645. The topological polar surface area (TPSA) is 21.3 Å². The average molecular weight is 235 g/mol. The van der Waals surface area contributed by atoms with Crippen LogP contribution < -0.4 is 5.32 Å². The molecule has 2 heteroatoms. The molecule has 0 saturated carbocycles. The first-order valence-electron chi connectivity index (χ1n) is 6.51. The molecule has 0 heterocycles. The Morgan fingerprint density at radius 2 is 1.88 bits per heavy atom. The Morgan fingerprint density at radius 1 is 1.12 bits per heavy atom. The van der Waals surface area contributed by atoms with Crippen molar-refractivity contribution in [2.24, 2.45) is 0 Å². The van der Waals surface area contributed by atoms with Crippen molar-refractivity contribution >= 4 is 0 Å². The Labute approximate surface area is 105 Å². The first-order valence-corrected chi connectivity index (χ1v) is 6.51. The Kier molecular flexibility index (Phi) is 6.23. The number of rotatable bonds is 7. The number of benzene rings is 1. The zero-order valence-corrected chi connectivity index (χ0v) is 11.6. The zero-order valence-electron chi connectivity index (χ0n) is 11.6. The van der Waals surface area contributed by atoms with Gasteiger partial charge in [0, 0.05) is 13.2 Å². The monoisotopic (exact) mass is 235 g/mol. The van der Waals surface area contributed by atoms with E-state index in [0.717, 1.165) is 19.6 Å². The van der Waals surface area contributed by atoms with Crippen LogP contribution in [0.25, 0.3) is 0 Å². The SMILES string of the molecule is CCCCOCNCc1ccc(C)c(C)c1C. The summed E-state index contributed by atoms with van der Waals surface area (Å²) in [5.74, 6) is 0. The highest BCUT2D eigenvalue weighted by atomic mass is 16.5. The Bertz CT molecular complexity index is 347.